The van der Waals surface area contributed by atoms with Gasteiger partial charge in [0.15, 0.2) is 5.69 Å². The summed E-state index contributed by atoms with van der Waals surface area (Å²) >= 11 is 12.3. The molecule has 3 heterocycles. The molecule has 2 aromatic heterocycles. The van der Waals surface area contributed by atoms with Crippen LogP contribution in [0.3, 0.4) is 0 Å². The minimum Gasteiger partial charge on any atom is -0.464 e. The first-order valence-electron chi connectivity index (χ1n) is 11.2. The lowest BCUT2D eigenvalue weighted by Gasteiger charge is -2.24. The molecular weight excluding hydrogens is 501 g/mol. The highest BCUT2D eigenvalue weighted by molar-refractivity contribution is 6.31. The summed E-state index contributed by atoms with van der Waals surface area (Å²) in [6.07, 6.45) is 0.213. The van der Waals surface area contributed by atoms with Gasteiger partial charge in [-0.05, 0) is 44.0 Å². The number of fused-ring (bicyclic) bond motifs is 3. The molecule has 1 aromatic carbocycles. The summed E-state index contributed by atoms with van der Waals surface area (Å²) in [4.78, 5) is 34.5. The molecule has 11 heteroatoms. The van der Waals surface area contributed by atoms with Crippen LogP contribution in [0.25, 0.3) is 10.9 Å². The van der Waals surface area contributed by atoms with E-state index >= 15 is 0 Å². The molecule has 1 aliphatic carbocycles. The van der Waals surface area contributed by atoms with Crippen molar-refractivity contribution in [1.82, 2.24) is 14.5 Å². The molecule has 0 unspecified atom stereocenters. The van der Waals surface area contributed by atoms with Gasteiger partial charge in [-0.1, -0.05) is 23.2 Å². The first kappa shape index (κ1) is 23.9. The number of rotatable bonds is 4. The number of carbonyl (C=O) groups excluding carboxylic acids is 1. The zero-order chi connectivity index (χ0) is 25.1. The number of benzene rings is 1. The van der Waals surface area contributed by atoms with Gasteiger partial charge in [0, 0.05) is 35.4 Å². The number of methoxy groups -OCH3 is 1. The van der Waals surface area contributed by atoms with Crippen molar-refractivity contribution in [1.29, 1.82) is 0 Å². The fourth-order valence-electron chi connectivity index (χ4n) is 5.31. The maximum Gasteiger partial charge on any atom is 0.358 e. The van der Waals surface area contributed by atoms with Crippen LogP contribution in [0.15, 0.2) is 29.1 Å². The van der Waals surface area contributed by atoms with Gasteiger partial charge in [-0.2, -0.15) is 0 Å². The number of alkyl halides is 2. The first-order chi connectivity index (χ1) is 16.5. The van der Waals surface area contributed by atoms with Crippen molar-refractivity contribution in [2.45, 2.75) is 56.5 Å². The number of carbonyl (C=O) groups is 1. The van der Waals surface area contributed by atoms with Gasteiger partial charge in [0.2, 0.25) is 5.92 Å². The molecule has 1 saturated carbocycles. The summed E-state index contributed by atoms with van der Waals surface area (Å²) in [5, 5.41) is 3.98. The Kier molecular flexibility index (Phi) is 5.75. The predicted molar refractivity (Wildman–Crippen MR) is 129 cm³/mol. The second kappa shape index (κ2) is 8.41. The molecule has 1 N–H and O–H groups in total. The van der Waals surface area contributed by atoms with E-state index in [-0.39, 0.29) is 35.7 Å². The van der Waals surface area contributed by atoms with Gasteiger partial charge >= 0.3 is 5.97 Å². The van der Waals surface area contributed by atoms with Crippen molar-refractivity contribution < 1.29 is 18.3 Å². The molecule has 184 valence electrons. The van der Waals surface area contributed by atoms with Crippen molar-refractivity contribution in [2.24, 2.45) is 0 Å². The van der Waals surface area contributed by atoms with E-state index in [0.29, 0.717) is 46.0 Å². The lowest BCUT2D eigenvalue weighted by Crippen LogP contribution is -2.28. The van der Waals surface area contributed by atoms with Crippen LogP contribution in [0.2, 0.25) is 10.2 Å². The molecule has 1 aliphatic heterocycles. The third-order valence-electron chi connectivity index (χ3n) is 6.99. The second-order valence-corrected chi connectivity index (χ2v) is 10.1. The van der Waals surface area contributed by atoms with Crippen LogP contribution in [0.4, 0.5) is 14.5 Å². The van der Waals surface area contributed by atoms with Crippen molar-refractivity contribution in [3.05, 3.63) is 61.9 Å². The Labute approximate surface area is 209 Å². The molecule has 2 aliphatic rings. The molecular formula is C24H22Cl2F2N4O3. The predicted octanol–water partition coefficient (Wildman–Crippen LogP) is 5.52. The number of pyridine rings is 1. The van der Waals surface area contributed by atoms with E-state index in [1.807, 2.05) is 6.92 Å². The summed E-state index contributed by atoms with van der Waals surface area (Å²) in [7, 11) is 1.24. The maximum atomic E-state index is 14.2. The summed E-state index contributed by atoms with van der Waals surface area (Å²) < 4.78 is 34.8. The van der Waals surface area contributed by atoms with Crippen LogP contribution in [0.5, 0.6) is 0 Å². The number of hydrogen-bond donors (Lipinski definition) is 1. The molecule has 0 radical (unpaired) electrons. The van der Waals surface area contributed by atoms with E-state index in [9.17, 15) is 18.4 Å². The molecule has 0 saturated heterocycles. The van der Waals surface area contributed by atoms with Crippen molar-refractivity contribution in [2.75, 3.05) is 12.4 Å². The van der Waals surface area contributed by atoms with Crippen LogP contribution in [-0.2, 0) is 16.7 Å². The highest BCUT2D eigenvalue weighted by Gasteiger charge is 2.54. The second-order valence-electron chi connectivity index (χ2n) is 9.23. The standard InChI is InChI=1S/C24H22Cl2F2N4O3/c1-12(29-16-3-4-17(26)30-19(16)21(34)35-2)14-9-13(25)10-15-18(14)31-22-23(5-6-24(27,28)11-23)7-8-32(22)20(15)33/h3-4,9-10,12,29H,5-8,11H2,1-2H3/t12-,23+/m1/s1. The van der Waals surface area contributed by atoms with Crippen LogP contribution in [0.1, 0.15) is 60.5 Å². The summed E-state index contributed by atoms with van der Waals surface area (Å²) in [5.41, 5.74) is 0.236. The molecule has 3 aromatic rings. The number of aromatic nitrogens is 3. The summed E-state index contributed by atoms with van der Waals surface area (Å²) in [6.45, 7) is 2.16. The number of nitrogens with zero attached hydrogens (tertiary/aromatic N) is 3. The lowest BCUT2D eigenvalue weighted by molar-refractivity contribution is 0.00241. The minimum absolute atomic E-state index is 0.000700. The number of halogens is 4. The molecule has 5 rings (SSSR count). The Balaban J connectivity index is 1.63. The highest BCUT2D eigenvalue weighted by Crippen LogP contribution is 2.53. The number of esters is 1. The Morgan fingerprint density at radius 2 is 1.97 bits per heavy atom. The third kappa shape index (κ3) is 4.04. The quantitative estimate of drug-likeness (QED) is 0.358. The average molecular weight is 523 g/mol. The lowest BCUT2D eigenvalue weighted by atomic mass is 9.84. The Hall–Kier alpha value is -2.78. The van der Waals surface area contributed by atoms with E-state index in [1.54, 1.807) is 18.2 Å². The minimum atomic E-state index is -2.77. The first-order valence-corrected chi connectivity index (χ1v) is 11.9. The fourth-order valence-corrected chi connectivity index (χ4v) is 5.68. The Bertz CT molecular complexity index is 1430. The van der Waals surface area contributed by atoms with Gasteiger partial charge in [0.25, 0.3) is 5.56 Å². The SMILES string of the molecule is COC(=O)c1nc(Cl)ccc1N[C@H](C)c1cc(Cl)cc2c(=O)n3c(nc12)[C@]1(CC3)CCC(F)(F)C1. The van der Waals surface area contributed by atoms with Crippen molar-refractivity contribution >= 4 is 45.8 Å². The van der Waals surface area contributed by atoms with Gasteiger partial charge in [0.05, 0.1) is 29.7 Å². The summed E-state index contributed by atoms with van der Waals surface area (Å²) in [5.74, 6) is -3.03. The molecule has 1 spiro atoms. The number of hydrogen-bond acceptors (Lipinski definition) is 6. The van der Waals surface area contributed by atoms with Crippen LogP contribution >= 0.6 is 23.2 Å². The highest BCUT2D eigenvalue weighted by atomic mass is 35.5. The topological polar surface area (TPSA) is 86.1 Å². The van der Waals surface area contributed by atoms with Crippen LogP contribution in [0, 0.1) is 0 Å². The average Bonchev–Trinajstić information content (AvgIpc) is 3.33. The van der Waals surface area contributed by atoms with Gasteiger partial charge in [-0.3, -0.25) is 9.36 Å². The Morgan fingerprint density at radius 1 is 1.20 bits per heavy atom. The van der Waals surface area contributed by atoms with Gasteiger partial charge in [0.1, 0.15) is 11.0 Å². The molecule has 7 nitrogen and oxygen atoms in total. The zero-order valence-electron chi connectivity index (χ0n) is 19.0. The zero-order valence-corrected chi connectivity index (χ0v) is 20.5. The number of nitrogens with one attached hydrogen (secondary N) is 1. The number of anilines is 1. The number of ether oxygens (including phenoxy) is 1. The van der Waals surface area contributed by atoms with E-state index in [2.05, 4.69) is 10.3 Å². The van der Waals surface area contributed by atoms with E-state index in [1.165, 1.54) is 17.7 Å². The smallest absolute Gasteiger partial charge is 0.358 e. The molecule has 0 amide bonds. The van der Waals surface area contributed by atoms with Crippen molar-refractivity contribution in [3.8, 4) is 0 Å². The van der Waals surface area contributed by atoms with Crippen LogP contribution < -0.4 is 10.9 Å². The molecule has 1 fully saturated rings. The normalized spacial score (nSPS) is 21.3. The monoisotopic (exact) mass is 522 g/mol. The van der Waals surface area contributed by atoms with Crippen molar-refractivity contribution in [3.63, 3.8) is 0 Å². The largest absolute Gasteiger partial charge is 0.464 e. The Morgan fingerprint density at radius 3 is 2.66 bits per heavy atom. The van der Waals surface area contributed by atoms with Gasteiger partial charge < -0.3 is 10.1 Å². The van der Waals surface area contributed by atoms with E-state index in [4.69, 9.17) is 32.9 Å². The molecule has 2 atom stereocenters. The van der Waals surface area contributed by atoms with E-state index in [0.717, 1.165) is 0 Å². The third-order valence-corrected chi connectivity index (χ3v) is 7.41. The molecule has 35 heavy (non-hydrogen) atoms. The fraction of sp³-hybridized carbons (Fsp3) is 0.417. The van der Waals surface area contributed by atoms with Gasteiger partial charge in [-0.15, -0.1) is 0 Å². The summed E-state index contributed by atoms with van der Waals surface area (Å²) in [6, 6.07) is 5.87. The van der Waals surface area contributed by atoms with Gasteiger partial charge in [-0.25, -0.2) is 23.5 Å². The molecule has 0 bridgehead atoms. The maximum absolute atomic E-state index is 14.2. The van der Waals surface area contributed by atoms with Crippen LogP contribution in [-0.4, -0.2) is 33.5 Å². The van der Waals surface area contributed by atoms with E-state index < -0.39 is 23.3 Å².